The van der Waals surface area contributed by atoms with Gasteiger partial charge in [-0.05, 0) is 25.7 Å². The molecule has 0 bridgehead atoms. The molecule has 1 heterocycles. The molecule has 1 atom stereocenters. The number of methoxy groups -OCH3 is 2. The van der Waals surface area contributed by atoms with Gasteiger partial charge >= 0.3 is 0 Å². The third kappa shape index (κ3) is 9.90. The molecule has 0 saturated heterocycles. The van der Waals surface area contributed by atoms with E-state index in [4.69, 9.17) is 9.47 Å². The summed E-state index contributed by atoms with van der Waals surface area (Å²) in [5.41, 5.74) is 0. The Bertz CT molecular complexity index is 697. The van der Waals surface area contributed by atoms with Crippen LogP contribution in [0.4, 0.5) is 5.95 Å². The summed E-state index contributed by atoms with van der Waals surface area (Å²) in [6, 6.07) is 0. The molecule has 0 fully saturated rings. The molecule has 0 aromatic carbocycles. The Labute approximate surface area is 190 Å². The highest BCUT2D eigenvalue weighted by Crippen LogP contribution is 2.26. The zero-order valence-corrected chi connectivity index (χ0v) is 19.2. The van der Waals surface area contributed by atoms with E-state index in [1.165, 1.54) is 0 Å². The average Bonchev–Trinajstić information content (AvgIpc) is 2.75. The minimum absolute atomic E-state index is 0.0387. The maximum absolute atomic E-state index is 9.93. The maximum atomic E-state index is 9.93. The van der Waals surface area contributed by atoms with Gasteiger partial charge in [0.05, 0.1) is 30.6 Å². The number of hydrogen-bond donors (Lipinski definition) is 4. The van der Waals surface area contributed by atoms with Gasteiger partial charge < -0.3 is 34.8 Å². The van der Waals surface area contributed by atoms with E-state index in [0.717, 1.165) is 0 Å². The number of ether oxygens (including phenoxy) is 2. The molecule has 1 rings (SSSR count). The van der Waals surface area contributed by atoms with Gasteiger partial charge in [-0.2, -0.15) is 9.97 Å². The lowest BCUT2D eigenvalue weighted by molar-refractivity contribution is 0.113. The van der Waals surface area contributed by atoms with Crippen LogP contribution in [0.1, 0.15) is 62.0 Å². The Morgan fingerprint density at radius 1 is 0.875 bits per heavy atom. The van der Waals surface area contributed by atoms with Crippen molar-refractivity contribution in [2.75, 3.05) is 52.2 Å². The van der Waals surface area contributed by atoms with Gasteiger partial charge in [-0.25, -0.2) is 4.98 Å². The molecule has 32 heavy (non-hydrogen) atoms. The third-order valence-electron chi connectivity index (χ3n) is 4.97. The van der Waals surface area contributed by atoms with Gasteiger partial charge in [-0.15, -0.1) is 0 Å². The van der Waals surface area contributed by atoms with Crippen LogP contribution in [0.3, 0.4) is 0 Å². The molecule has 4 N–H and O–H groups in total. The van der Waals surface area contributed by atoms with Crippen LogP contribution >= 0.6 is 0 Å². The lowest BCUT2D eigenvalue weighted by Gasteiger charge is -2.24. The maximum Gasteiger partial charge on any atom is 0.230 e. The Balaban J connectivity index is 3.31. The standard InChI is InChI=1S/C22H38N4O6/c1-16(29)7-5-9-18(10-12-27)20-23-21(19(13-31-3)14-32-4)25-22(24-20)26(15-28)11-6-8-17(2)30/h18-19,27-30H,1-2,5-15H2,3-4H3. The van der Waals surface area contributed by atoms with Crippen molar-refractivity contribution in [2.45, 2.75) is 50.4 Å². The Kier molecular flexibility index (Phi) is 13.5. The van der Waals surface area contributed by atoms with E-state index in [9.17, 15) is 20.4 Å². The van der Waals surface area contributed by atoms with E-state index in [0.29, 0.717) is 75.9 Å². The Hall–Kier alpha value is -2.27. The van der Waals surface area contributed by atoms with Gasteiger partial charge in [0.25, 0.3) is 0 Å². The summed E-state index contributed by atoms with van der Waals surface area (Å²) in [7, 11) is 3.17. The van der Waals surface area contributed by atoms with Crippen LogP contribution in [0.5, 0.6) is 0 Å². The fourth-order valence-electron chi connectivity index (χ4n) is 3.32. The quantitative estimate of drug-likeness (QED) is 0.193. The van der Waals surface area contributed by atoms with Crippen molar-refractivity contribution >= 4 is 5.95 Å². The highest BCUT2D eigenvalue weighted by molar-refractivity contribution is 5.30. The van der Waals surface area contributed by atoms with Crippen molar-refractivity contribution in [3.8, 4) is 0 Å². The summed E-state index contributed by atoms with van der Waals surface area (Å²) >= 11 is 0. The van der Waals surface area contributed by atoms with Crippen molar-refractivity contribution in [3.63, 3.8) is 0 Å². The first-order chi connectivity index (χ1) is 15.4. The molecule has 1 unspecified atom stereocenters. The van der Waals surface area contributed by atoms with Crippen LogP contribution < -0.4 is 4.90 Å². The normalized spacial score (nSPS) is 12.2. The van der Waals surface area contributed by atoms with Gasteiger partial charge in [0, 0.05) is 46.1 Å². The summed E-state index contributed by atoms with van der Waals surface area (Å²) in [6.45, 7) is 7.75. The van der Waals surface area contributed by atoms with Crippen molar-refractivity contribution in [1.82, 2.24) is 15.0 Å². The molecule has 182 valence electrons. The largest absolute Gasteiger partial charge is 0.513 e. The van der Waals surface area contributed by atoms with Crippen LogP contribution in [-0.2, 0) is 9.47 Å². The first-order valence-electron chi connectivity index (χ1n) is 10.8. The second-order valence-corrected chi connectivity index (χ2v) is 7.70. The number of allylic oxidation sites excluding steroid dienone is 2. The van der Waals surface area contributed by atoms with E-state index in [-0.39, 0.29) is 36.7 Å². The molecular weight excluding hydrogens is 416 g/mol. The van der Waals surface area contributed by atoms with E-state index >= 15 is 0 Å². The minimum atomic E-state index is -0.310. The first kappa shape index (κ1) is 27.8. The summed E-state index contributed by atoms with van der Waals surface area (Å²) in [5.74, 6) is 1.08. The zero-order chi connectivity index (χ0) is 23.9. The minimum Gasteiger partial charge on any atom is -0.513 e. The molecular formula is C22H38N4O6. The Morgan fingerprint density at radius 2 is 1.44 bits per heavy atom. The third-order valence-corrected chi connectivity index (χ3v) is 4.97. The molecule has 1 aromatic rings. The molecule has 10 nitrogen and oxygen atoms in total. The molecule has 0 amide bonds. The second kappa shape index (κ2) is 15.5. The number of anilines is 1. The smallest absolute Gasteiger partial charge is 0.230 e. The second-order valence-electron chi connectivity index (χ2n) is 7.70. The highest BCUT2D eigenvalue weighted by atomic mass is 16.5. The van der Waals surface area contributed by atoms with E-state index in [1.54, 1.807) is 19.1 Å². The van der Waals surface area contributed by atoms with Crippen molar-refractivity contribution < 1.29 is 29.9 Å². The van der Waals surface area contributed by atoms with E-state index < -0.39 is 0 Å². The number of aliphatic hydroxyl groups is 4. The van der Waals surface area contributed by atoms with Gasteiger partial charge in [-0.1, -0.05) is 13.2 Å². The summed E-state index contributed by atoms with van der Waals surface area (Å²) in [6.07, 6.45) is 3.17. The number of nitrogens with zero attached hydrogens (tertiary/aromatic N) is 4. The molecule has 0 aliphatic carbocycles. The van der Waals surface area contributed by atoms with E-state index in [1.807, 2.05) is 0 Å². The monoisotopic (exact) mass is 454 g/mol. The average molecular weight is 455 g/mol. The van der Waals surface area contributed by atoms with Gasteiger partial charge in [0.1, 0.15) is 18.4 Å². The van der Waals surface area contributed by atoms with Gasteiger partial charge in [0.15, 0.2) is 0 Å². The topological polar surface area (TPSA) is 141 Å². The van der Waals surface area contributed by atoms with Crippen molar-refractivity contribution in [1.29, 1.82) is 0 Å². The zero-order valence-electron chi connectivity index (χ0n) is 19.2. The number of aromatic nitrogens is 3. The highest BCUT2D eigenvalue weighted by Gasteiger charge is 2.23. The lowest BCUT2D eigenvalue weighted by atomic mass is 9.97. The van der Waals surface area contributed by atoms with Crippen LogP contribution in [-0.4, -0.2) is 82.7 Å². The fourth-order valence-corrected chi connectivity index (χ4v) is 3.32. The molecule has 1 aromatic heterocycles. The summed E-state index contributed by atoms with van der Waals surface area (Å²) in [5, 5.41) is 38.3. The lowest BCUT2D eigenvalue weighted by Crippen LogP contribution is -2.30. The molecule has 10 heteroatoms. The first-order valence-corrected chi connectivity index (χ1v) is 10.8. The van der Waals surface area contributed by atoms with Gasteiger partial charge in [0.2, 0.25) is 5.95 Å². The van der Waals surface area contributed by atoms with Crippen molar-refractivity contribution in [2.24, 2.45) is 0 Å². The molecule has 0 saturated carbocycles. The van der Waals surface area contributed by atoms with Gasteiger partial charge in [-0.3, -0.25) is 0 Å². The summed E-state index contributed by atoms with van der Waals surface area (Å²) in [4.78, 5) is 15.4. The van der Waals surface area contributed by atoms with Crippen LogP contribution in [0, 0.1) is 0 Å². The number of aliphatic hydroxyl groups excluding tert-OH is 4. The predicted octanol–water partition coefficient (Wildman–Crippen LogP) is 2.56. The summed E-state index contributed by atoms with van der Waals surface area (Å²) < 4.78 is 10.6. The van der Waals surface area contributed by atoms with E-state index in [2.05, 4.69) is 28.1 Å². The molecule has 0 aliphatic heterocycles. The molecule has 0 aliphatic rings. The molecule has 0 radical (unpaired) electrons. The van der Waals surface area contributed by atoms with Crippen LogP contribution in [0.15, 0.2) is 24.7 Å². The van der Waals surface area contributed by atoms with Crippen LogP contribution in [0.25, 0.3) is 0 Å². The molecule has 0 spiro atoms. The van der Waals surface area contributed by atoms with Crippen LogP contribution in [0.2, 0.25) is 0 Å². The number of hydrogen-bond acceptors (Lipinski definition) is 10. The fraction of sp³-hybridized carbons (Fsp3) is 0.682. The Morgan fingerprint density at radius 3 is 1.94 bits per heavy atom. The predicted molar refractivity (Wildman–Crippen MR) is 122 cm³/mol. The van der Waals surface area contributed by atoms with Crippen molar-refractivity contribution in [3.05, 3.63) is 36.3 Å². The number of rotatable bonds is 18. The SMILES string of the molecule is C=C(O)CCCC(CCO)c1nc(C(COC)COC)nc(N(CO)CCCC(=C)O)n1.